The van der Waals surface area contributed by atoms with Gasteiger partial charge in [-0.3, -0.25) is 4.98 Å². The van der Waals surface area contributed by atoms with E-state index in [0.29, 0.717) is 6.04 Å². The lowest BCUT2D eigenvalue weighted by Gasteiger charge is -2.35. The van der Waals surface area contributed by atoms with Crippen LogP contribution < -0.4 is 10.2 Å². The molecule has 106 valence electrons. The number of aromatic nitrogens is 1. The summed E-state index contributed by atoms with van der Waals surface area (Å²) in [6.45, 7) is 5.37. The van der Waals surface area contributed by atoms with E-state index in [1.54, 1.807) is 0 Å². The number of rotatable bonds is 5. The van der Waals surface area contributed by atoms with Gasteiger partial charge in [0.05, 0.1) is 23.8 Å². The first-order valence-corrected chi connectivity index (χ1v) is 7.66. The van der Waals surface area contributed by atoms with E-state index in [4.69, 9.17) is 0 Å². The predicted molar refractivity (Wildman–Crippen MR) is 82.8 cm³/mol. The molecule has 1 aromatic rings. The molecule has 3 nitrogen and oxygen atoms in total. The zero-order valence-corrected chi connectivity index (χ0v) is 12.5. The Hall–Kier alpha value is -1.25. The third-order valence-corrected chi connectivity index (χ3v) is 4.45. The molecular weight excluding hydrogens is 234 g/mol. The second-order valence-electron chi connectivity index (χ2n) is 5.66. The van der Waals surface area contributed by atoms with E-state index in [9.17, 15) is 0 Å². The summed E-state index contributed by atoms with van der Waals surface area (Å²) < 4.78 is 0. The van der Waals surface area contributed by atoms with Crippen molar-refractivity contribution in [2.45, 2.75) is 52.0 Å². The highest BCUT2D eigenvalue weighted by atomic mass is 15.1. The molecule has 0 amide bonds. The smallest absolute Gasteiger partial charge is 0.0573 e. The van der Waals surface area contributed by atoms with Gasteiger partial charge < -0.3 is 10.2 Å². The summed E-state index contributed by atoms with van der Waals surface area (Å²) in [6.07, 6.45) is 10.6. The van der Waals surface area contributed by atoms with Crippen LogP contribution in [-0.2, 0) is 0 Å². The molecule has 0 radical (unpaired) electrons. The molecule has 0 aromatic carbocycles. The van der Waals surface area contributed by atoms with Crippen molar-refractivity contribution in [3.05, 3.63) is 18.5 Å². The summed E-state index contributed by atoms with van der Waals surface area (Å²) >= 11 is 0. The Morgan fingerprint density at radius 3 is 2.58 bits per heavy atom. The Morgan fingerprint density at radius 2 is 1.95 bits per heavy atom. The number of hydrogen-bond acceptors (Lipinski definition) is 3. The van der Waals surface area contributed by atoms with Crippen LogP contribution in [0.4, 0.5) is 11.4 Å². The van der Waals surface area contributed by atoms with Gasteiger partial charge in [-0.2, -0.15) is 0 Å². The number of anilines is 2. The van der Waals surface area contributed by atoms with Crippen LogP contribution in [0.2, 0.25) is 0 Å². The Balaban J connectivity index is 1.99. The first-order valence-electron chi connectivity index (χ1n) is 7.66. The largest absolute Gasteiger partial charge is 0.384 e. The summed E-state index contributed by atoms with van der Waals surface area (Å²) in [5.74, 6) is 0.955. The molecule has 1 aliphatic rings. The van der Waals surface area contributed by atoms with Crippen molar-refractivity contribution in [3.8, 4) is 0 Å². The second-order valence-corrected chi connectivity index (χ2v) is 5.66. The zero-order valence-electron chi connectivity index (χ0n) is 12.5. The van der Waals surface area contributed by atoms with Crippen LogP contribution in [0.1, 0.15) is 46.0 Å². The van der Waals surface area contributed by atoms with Crippen LogP contribution in [-0.4, -0.2) is 24.6 Å². The maximum atomic E-state index is 4.35. The van der Waals surface area contributed by atoms with E-state index < -0.39 is 0 Å². The molecule has 1 aromatic heterocycles. The lowest BCUT2D eigenvalue weighted by atomic mass is 9.84. The van der Waals surface area contributed by atoms with E-state index in [2.05, 4.69) is 42.2 Å². The summed E-state index contributed by atoms with van der Waals surface area (Å²) in [6, 6.07) is 2.89. The average molecular weight is 261 g/mol. The Labute approximate surface area is 117 Å². The normalized spacial score (nSPS) is 23.1. The SMILES string of the molecule is CCNc1cncc(N(C)C2CCC(CC)CC2)c1. The molecule has 0 saturated heterocycles. The zero-order chi connectivity index (χ0) is 13.7. The van der Waals surface area contributed by atoms with Crippen LogP contribution in [0.3, 0.4) is 0 Å². The highest BCUT2D eigenvalue weighted by molar-refractivity contribution is 5.55. The molecule has 0 aliphatic heterocycles. The maximum absolute atomic E-state index is 4.35. The van der Waals surface area contributed by atoms with Gasteiger partial charge in [0.1, 0.15) is 0 Å². The quantitative estimate of drug-likeness (QED) is 0.870. The van der Waals surface area contributed by atoms with Crippen LogP contribution >= 0.6 is 0 Å². The van der Waals surface area contributed by atoms with Gasteiger partial charge in [0.25, 0.3) is 0 Å². The van der Waals surface area contributed by atoms with Gasteiger partial charge in [0.15, 0.2) is 0 Å². The molecule has 3 heteroatoms. The van der Waals surface area contributed by atoms with Gasteiger partial charge in [0, 0.05) is 19.6 Å². The number of nitrogens with one attached hydrogen (secondary N) is 1. The van der Waals surface area contributed by atoms with E-state index >= 15 is 0 Å². The Morgan fingerprint density at radius 1 is 1.21 bits per heavy atom. The first kappa shape index (κ1) is 14.2. The van der Waals surface area contributed by atoms with E-state index in [-0.39, 0.29) is 0 Å². The van der Waals surface area contributed by atoms with E-state index in [0.717, 1.165) is 18.2 Å². The number of nitrogens with zero attached hydrogens (tertiary/aromatic N) is 2. The summed E-state index contributed by atoms with van der Waals surface area (Å²) in [5.41, 5.74) is 2.35. The molecule has 1 N–H and O–H groups in total. The third-order valence-electron chi connectivity index (χ3n) is 4.45. The van der Waals surface area contributed by atoms with Crippen molar-refractivity contribution in [2.75, 3.05) is 23.8 Å². The predicted octanol–water partition coefficient (Wildman–Crippen LogP) is 3.92. The Bertz CT molecular complexity index is 383. The van der Waals surface area contributed by atoms with Gasteiger partial charge in [-0.15, -0.1) is 0 Å². The lowest BCUT2D eigenvalue weighted by Crippen LogP contribution is -2.35. The topological polar surface area (TPSA) is 28.2 Å². The van der Waals surface area contributed by atoms with Gasteiger partial charge in [-0.1, -0.05) is 13.3 Å². The minimum absolute atomic E-state index is 0.682. The minimum Gasteiger partial charge on any atom is -0.384 e. The van der Waals surface area contributed by atoms with Gasteiger partial charge in [0.2, 0.25) is 0 Å². The average Bonchev–Trinajstić information content (AvgIpc) is 2.47. The standard InChI is InChI=1S/C16H27N3/c1-4-13-6-8-15(9-7-13)19(3)16-10-14(18-5-2)11-17-12-16/h10-13,15,18H,4-9H2,1-3H3. The van der Waals surface area contributed by atoms with E-state index in [1.807, 2.05) is 12.4 Å². The Kier molecular flexibility index (Phi) is 5.06. The fraction of sp³-hybridized carbons (Fsp3) is 0.688. The molecule has 2 rings (SSSR count). The maximum Gasteiger partial charge on any atom is 0.0573 e. The van der Waals surface area contributed by atoms with Crippen molar-refractivity contribution < 1.29 is 0 Å². The molecular formula is C16H27N3. The van der Waals surface area contributed by atoms with Crippen LogP contribution in [0.15, 0.2) is 18.5 Å². The molecule has 0 atom stereocenters. The second kappa shape index (κ2) is 6.78. The summed E-state index contributed by atoms with van der Waals surface area (Å²) in [4.78, 5) is 6.76. The molecule has 0 bridgehead atoms. The van der Waals surface area contributed by atoms with Gasteiger partial charge in [-0.05, 0) is 44.6 Å². The van der Waals surface area contributed by atoms with Crippen molar-refractivity contribution in [1.82, 2.24) is 4.98 Å². The van der Waals surface area contributed by atoms with Crippen LogP contribution in [0.5, 0.6) is 0 Å². The van der Waals surface area contributed by atoms with Gasteiger partial charge >= 0.3 is 0 Å². The molecule has 1 fully saturated rings. The minimum atomic E-state index is 0.682. The monoisotopic (exact) mass is 261 g/mol. The number of hydrogen-bond donors (Lipinski definition) is 1. The molecule has 0 spiro atoms. The fourth-order valence-electron chi connectivity index (χ4n) is 3.07. The van der Waals surface area contributed by atoms with Crippen molar-refractivity contribution in [3.63, 3.8) is 0 Å². The summed E-state index contributed by atoms with van der Waals surface area (Å²) in [7, 11) is 2.21. The van der Waals surface area contributed by atoms with E-state index in [1.165, 1.54) is 37.8 Å². The lowest BCUT2D eigenvalue weighted by molar-refractivity contribution is 0.313. The third kappa shape index (κ3) is 3.62. The summed E-state index contributed by atoms with van der Waals surface area (Å²) in [5, 5.41) is 3.33. The molecule has 1 aliphatic carbocycles. The van der Waals surface area contributed by atoms with Crippen LogP contribution in [0, 0.1) is 5.92 Å². The highest BCUT2D eigenvalue weighted by Gasteiger charge is 2.23. The van der Waals surface area contributed by atoms with Crippen molar-refractivity contribution >= 4 is 11.4 Å². The molecule has 0 unspecified atom stereocenters. The molecule has 1 heterocycles. The number of pyridine rings is 1. The fourth-order valence-corrected chi connectivity index (χ4v) is 3.07. The first-order chi connectivity index (χ1) is 9.24. The molecule has 1 saturated carbocycles. The van der Waals surface area contributed by atoms with Crippen molar-refractivity contribution in [2.24, 2.45) is 5.92 Å². The highest BCUT2D eigenvalue weighted by Crippen LogP contribution is 2.31. The van der Waals surface area contributed by atoms with Gasteiger partial charge in [-0.25, -0.2) is 0 Å². The van der Waals surface area contributed by atoms with Crippen molar-refractivity contribution in [1.29, 1.82) is 0 Å². The molecule has 19 heavy (non-hydrogen) atoms. The van der Waals surface area contributed by atoms with Crippen LogP contribution in [0.25, 0.3) is 0 Å².